The maximum Gasteiger partial charge on any atom is 0.267 e. The van der Waals surface area contributed by atoms with Crippen LogP contribution in [0.3, 0.4) is 0 Å². The molecule has 3 heterocycles. The first-order chi connectivity index (χ1) is 16.5. The zero-order valence-corrected chi connectivity index (χ0v) is 19.6. The topological polar surface area (TPSA) is 90.5 Å². The van der Waals surface area contributed by atoms with Crippen molar-refractivity contribution in [2.24, 2.45) is 5.92 Å². The SMILES string of the molecule is CCNC(=O)/C(C#N)=C/c1c(N2CCC(Cc3ccccc3)CC2)nc2c(C)cccn2c1=O. The summed E-state index contributed by atoms with van der Waals surface area (Å²) in [5.74, 6) is 0.603. The Kier molecular flexibility index (Phi) is 7.07. The Balaban J connectivity index is 1.71. The zero-order valence-electron chi connectivity index (χ0n) is 19.6. The minimum atomic E-state index is -0.494. The Morgan fingerprint density at radius 3 is 2.62 bits per heavy atom. The monoisotopic (exact) mass is 455 g/mol. The number of fused-ring (bicyclic) bond motifs is 1. The molecule has 0 aliphatic carbocycles. The fraction of sp³-hybridized carbons (Fsp3) is 0.333. The lowest BCUT2D eigenvalue weighted by atomic mass is 9.90. The minimum absolute atomic E-state index is 0.103. The van der Waals surface area contributed by atoms with E-state index in [4.69, 9.17) is 4.98 Å². The molecule has 3 aromatic rings. The maximum absolute atomic E-state index is 13.5. The molecule has 1 saturated heterocycles. The number of nitriles is 1. The highest BCUT2D eigenvalue weighted by atomic mass is 16.1. The van der Waals surface area contributed by atoms with E-state index in [1.165, 1.54) is 16.0 Å². The van der Waals surface area contributed by atoms with Crippen LogP contribution < -0.4 is 15.8 Å². The van der Waals surface area contributed by atoms with Gasteiger partial charge in [-0.3, -0.25) is 14.0 Å². The fourth-order valence-corrected chi connectivity index (χ4v) is 4.51. The zero-order chi connectivity index (χ0) is 24.1. The Bertz CT molecular complexity index is 1310. The van der Waals surface area contributed by atoms with Gasteiger partial charge in [0.25, 0.3) is 11.5 Å². The van der Waals surface area contributed by atoms with Gasteiger partial charge in [0, 0.05) is 25.8 Å². The summed E-state index contributed by atoms with van der Waals surface area (Å²) in [5, 5.41) is 12.2. The van der Waals surface area contributed by atoms with Gasteiger partial charge in [-0.15, -0.1) is 0 Å². The first-order valence-corrected chi connectivity index (χ1v) is 11.7. The van der Waals surface area contributed by atoms with Gasteiger partial charge in [0.05, 0.1) is 5.56 Å². The first-order valence-electron chi connectivity index (χ1n) is 11.7. The number of anilines is 1. The summed E-state index contributed by atoms with van der Waals surface area (Å²) >= 11 is 0. The number of benzene rings is 1. The van der Waals surface area contributed by atoms with E-state index in [0.29, 0.717) is 23.9 Å². The number of aryl methyl sites for hydroxylation is 1. The van der Waals surface area contributed by atoms with Crippen molar-refractivity contribution < 1.29 is 4.79 Å². The summed E-state index contributed by atoms with van der Waals surface area (Å²) in [5.41, 5.74) is 2.69. The average Bonchev–Trinajstić information content (AvgIpc) is 2.85. The van der Waals surface area contributed by atoms with Gasteiger partial charge < -0.3 is 10.2 Å². The van der Waals surface area contributed by atoms with Gasteiger partial charge >= 0.3 is 0 Å². The van der Waals surface area contributed by atoms with Crippen LogP contribution in [0.5, 0.6) is 0 Å². The number of rotatable bonds is 6. The van der Waals surface area contributed by atoms with Crippen molar-refractivity contribution in [3.8, 4) is 6.07 Å². The molecule has 0 radical (unpaired) electrons. The average molecular weight is 456 g/mol. The quantitative estimate of drug-likeness (QED) is 0.454. The number of hydrogen-bond acceptors (Lipinski definition) is 5. The smallest absolute Gasteiger partial charge is 0.267 e. The molecule has 0 bridgehead atoms. The second kappa shape index (κ2) is 10.3. The molecule has 0 atom stereocenters. The van der Waals surface area contributed by atoms with Crippen molar-refractivity contribution in [3.05, 3.63) is 81.3 Å². The summed E-state index contributed by atoms with van der Waals surface area (Å²) in [6, 6.07) is 16.1. The molecule has 0 saturated carbocycles. The number of nitrogens with zero attached hydrogens (tertiary/aromatic N) is 4. The van der Waals surface area contributed by atoms with E-state index in [0.717, 1.165) is 37.9 Å². The van der Waals surface area contributed by atoms with E-state index in [1.54, 1.807) is 19.2 Å². The summed E-state index contributed by atoms with van der Waals surface area (Å²) in [6.45, 7) is 5.62. The number of likely N-dealkylation sites (N-methyl/N-ethyl adjacent to an activating group) is 1. The van der Waals surface area contributed by atoms with Crippen LogP contribution in [0.1, 0.15) is 36.5 Å². The standard InChI is InChI=1S/C27H29N5O2/c1-3-29-26(33)22(18-28)17-23-25(30-24-19(2)8-7-13-32(24)27(23)34)31-14-11-21(12-15-31)16-20-9-5-4-6-10-20/h4-10,13,17,21H,3,11-12,14-16H2,1-2H3,(H,29,33)/b22-17+. The number of pyridine rings is 1. The summed E-state index contributed by atoms with van der Waals surface area (Å²) < 4.78 is 1.49. The minimum Gasteiger partial charge on any atom is -0.356 e. The highest BCUT2D eigenvalue weighted by Gasteiger charge is 2.25. The van der Waals surface area contributed by atoms with E-state index >= 15 is 0 Å². The van der Waals surface area contributed by atoms with Gasteiger partial charge in [0.2, 0.25) is 0 Å². The van der Waals surface area contributed by atoms with E-state index in [-0.39, 0.29) is 16.7 Å². The number of carbonyl (C=O) groups is 1. The van der Waals surface area contributed by atoms with Crippen molar-refractivity contribution in [2.75, 3.05) is 24.5 Å². The third-order valence-electron chi connectivity index (χ3n) is 6.34. The predicted molar refractivity (Wildman–Crippen MR) is 134 cm³/mol. The molecule has 0 unspecified atom stereocenters. The van der Waals surface area contributed by atoms with E-state index in [1.807, 2.05) is 25.1 Å². The Morgan fingerprint density at radius 2 is 1.94 bits per heavy atom. The van der Waals surface area contributed by atoms with Crippen LogP contribution >= 0.6 is 0 Å². The number of nitrogens with one attached hydrogen (secondary N) is 1. The highest BCUT2D eigenvalue weighted by molar-refractivity contribution is 6.02. The lowest BCUT2D eigenvalue weighted by Gasteiger charge is -2.33. The number of carbonyl (C=O) groups excluding carboxylic acids is 1. The largest absolute Gasteiger partial charge is 0.356 e. The Labute approximate surface area is 199 Å². The molecule has 2 aromatic heterocycles. The molecule has 1 aliphatic rings. The molecule has 4 rings (SSSR count). The van der Waals surface area contributed by atoms with Crippen molar-refractivity contribution >= 4 is 23.4 Å². The molecule has 1 aromatic carbocycles. The summed E-state index contributed by atoms with van der Waals surface area (Å²) in [6.07, 6.45) is 6.05. The number of amides is 1. The van der Waals surface area contributed by atoms with Crippen LogP contribution in [0.15, 0.2) is 59.0 Å². The normalized spacial score (nSPS) is 14.7. The van der Waals surface area contributed by atoms with Crippen molar-refractivity contribution in [1.82, 2.24) is 14.7 Å². The Morgan fingerprint density at radius 1 is 1.21 bits per heavy atom. The molecular formula is C27H29N5O2. The first kappa shape index (κ1) is 23.2. The van der Waals surface area contributed by atoms with Crippen molar-refractivity contribution in [1.29, 1.82) is 5.26 Å². The number of hydrogen-bond donors (Lipinski definition) is 1. The molecule has 1 amide bonds. The third kappa shape index (κ3) is 4.86. The maximum atomic E-state index is 13.5. The van der Waals surface area contributed by atoms with Crippen LogP contribution in [-0.2, 0) is 11.2 Å². The molecule has 1 fully saturated rings. The van der Waals surface area contributed by atoms with E-state index < -0.39 is 5.91 Å². The van der Waals surface area contributed by atoms with Crippen LogP contribution in [0.4, 0.5) is 5.82 Å². The van der Waals surface area contributed by atoms with Crippen molar-refractivity contribution in [2.45, 2.75) is 33.1 Å². The lowest BCUT2D eigenvalue weighted by Crippen LogP contribution is -2.37. The fourth-order valence-electron chi connectivity index (χ4n) is 4.51. The van der Waals surface area contributed by atoms with Gasteiger partial charge in [0.15, 0.2) is 0 Å². The number of aromatic nitrogens is 2. The number of piperidine rings is 1. The van der Waals surface area contributed by atoms with Gasteiger partial charge in [-0.25, -0.2) is 4.98 Å². The van der Waals surface area contributed by atoms with Crippen LogP contribution in [0.2, 0.25) is 0 Å². The van der Waals surface area contributed by atoms with E-state index in [2.05, 4.69) is 34.5 Å². The van der Waals surface area contributed by atoms with Crippen LogP contribution in [0.25, 0.3) is 11.7 Å². The molecular weight excluding hydrogens is 426 g/mol. The van der Waals surface area contributed by atoms with Crippen LogP contribution in [0, 0.1) is 24.2 Å². The Hall–Kier alpha value is -3.92. The molecule has 34 heavy (non-hydrogen) atoms. The predicted octanol–water partition coefficient (Wildman–Crippen LogP) is 3.51. The van der Waals surface area contributed by atoms with Gasteiger partial charge in [-0.1, -0.05) is 36.4 Å². The van der Waals surface area contributed by atoms with Gasteiger partial charge in [-0.05, 0) is 62.3 Å². The highest BCUT2D eigenvalue weighted by Crippen LogP contribution is 2.27. The van der Waals surface area contributed by atoms with Gasteiger partial charge in [-0.2, -0.15) is 5.26 Å². The lowest BCUT2D eigenvalue weighted by molar-refractivity contribution is -0.116. The molecule has 7 nitrogen and oxygen atoms in total. The third-order valence-corrected chi connectivity index (χ3v) is 6.34. The molecule has 7 heteroatoms. The van der Waals surface area contributed by atoms with Gasteiger partial charge in [0.1, 0.15) is 23.1 Å². The van der Waals surface area contributed by atoms with E-state index in [9.17, 15) is 14.9 Å². The molecule has 174 valence electrons. The summed E-state index contributed by atoms with van der Waals surface area (Å²) in [4.78, 5) is 32.8. The molecule has 1 N–H and O–H groups in total. The summed E-state index contributed by atoms with van der Waals surface area (Å²) in [7, 11) is 0. The molecule has 1 aliphatic heterocycles. The van der Waals surface area contributed by atoms with Crippen molar-refractivity contribution in [3.63, 3.8) is 0 Å². The second-order valence-corrected chi connectivity index (χ2v) is 8.69. The second-order valence-electron chi connectivity index (χ2n) is 8.69. The molecule has 0 spiro atoms. The van der Waals surface area contributed by atoms with Crippen LogP contribution in [-0.4, -0.2) is 34.9 Å².